The van der Waals surface area contributed by atoms with Gasteiger partial charge in [-0.2, -0.15) is 0 Å². The molecular weight excluding hydrogens is 180 g/mol. The lowest BCUT2D eigenvalue weighted by molar-refractivity contribution is 0.402. The molecule has 0 spiro atoms. The van der Waals surface area contributed by atoms with Crippen LogP contribution in [0.1, 0.15) is 4.11 Å². The predicted octanol–water partition coefficient (Wildman–Crippen LogP) is -0.577. The molecule has 64 valence electrons. The minimum atomic E-state index is -2.68. The second-order valence-electron chi connectivity index (χ2n) is 2.02. The van der Waals surface area contributed by atoms with Gasteiger partial charge in [-0.1, -0.05) is 11.6 Å². The van der Waals surface area contributed by atoms with Crippen LogP contribution in [0, 0.1) is 0 Å². The number of hydrogen-bond donors (Lipinski definition) is 2. The summed E-state index contributed by atoms with van der Waals surface area (Å²) in [5.41, 5.74) is -0.147. The Bertz CT molecular complexity index is 360. The number of rotatable bonds is 2. The Morgan fingerprint density at radius 1 is 1.75 bits per heavy atom. The van der Waals surface area contributed by atoms with Crippen LogP contribution in [-0.2, 0) is 0 Å². The van der Waals surface area contributed by atoms with E-state index in [4.69, 9.17) is 25.8 Å². The molecule has 0 aliphatic carbocycles. The average Bonchev–Trinajstić information content (AvgIpc) is 2.05. The summed E-state index contributed by atoms with van der Waals surface area (Å²) in [6.45, 7) is 0. The quantitative estimate of drug-likeness (QED) is 0.484. The molecule has 0 saturated carbocycles. The Labute approximate surface area is 79.1 Å². The number of ether oxygens (including phenoxy) is 1. The lowest BCUT2D eigenvalue weighted by Crippen LogP contribution is -2.31. The van der Waals surface area contributed by atoms with Crippen LogP contribution in [0.2, 0.25) is 5.15 Å². The fourth-order valence-electron chi connectivity index (χ4n) is 0.719. The molecule has 0 aliphatic rings. The summed E-state index contributed by atoms with van der Waals surface area (Å²) in [5, 5.41) is 17.9. The summed E-state index contributed by atoms with van der Waals surface area (Å²) >= 11 is 5.50. The molecule has 0 bridgehead atoms. The molecule has 6 heteroatoms. The van der Waals surface area contributed by atoms with E-state index in [9.17, 15) is 0 Å². The van der Waals surface area contributed by atoms with Crippen molar-refractivity contribution in [3.8, 4) is 5.75 Å². The number of hydrogen-bond acceptors (Lipinski definition) is 4. The Morgan fingerprint density at radius 3 is 3.08 bits per heavy atom. The number of nitrogens with zero attached hydrogens (tertiary/aromatic N) is 1. The fraction of sp³-hybridized carbons (Fsp3) is 0.167. The Hall–Kier alpha value is -0.775. The van der Waals surface area contributed by atoms with Crippen molar-refractivity contribution in [3.05, 3.63) is 17.4 Å². The van der Waals surface area contributed by atoms with E-state index in [1.165, 1.54) is 0 Å². The minimum absolute atomic E-state index is 0.0102. The van der Waals surface area contributed by atoms with Gasteiger partial charge in [0, 0.05) is 5.46 Å². The highest BCUT2D eigenvalue weighted by Gasteiger charge is 2.17. The molecule has 2 N–H and O–H groups in total. The molecule has 0 radical (unpaired) electrons. The average molecular weight is 190 g/mol. The highest BCUT2D eigenvalue weighted by atomic mass is 35.5. The summed E-state index contributed by atoms with van der Waals surface area (Å²) in [6.07, 6.45) is 1.02. The summed E-state index contributed by atoms with van der Waals surface area (Å²) < 4.78 is 25.1. The lowest BCUT2D eigenvalue weighted by Gasteiger charge is -2.06. The van der Waals surface area contributed by atoms with E-state index in [0.29, 0.717) is 0 Å². The SMILES string of the molecule is [2H]C([2H])([2H])Oc1cnc(Cl)cc1B(O)O. The van der Waals surface area contributed by atoms with E-state index >= 15 is 0 Å². The van der Waals surface area contributed by atoms with E-state index in [2.05, 4.69) is 9.72 Å². The third kappa shape index (κ3) is 1.88. The van der Waals surface area contributed by atoms with Gasteiger partial charge in [0.2, 0.25) is 0 Å². The zero-order chi connectivity index (χ0) is 11.6. The van der Waals surface area contributed by atoms with Gasteiger partial charge in [0.1, 0.15) is 10.9 Å². The van der Waals surface area contributed by atoms with Crippen LogP contribution >= 0.6 is 11.6 Å². The van der Waals surface area contributed by atoms with Crippen molar-refractivity contribution >= 4 is 24.2 Å². The van der Waals surface area contributed by atoms with Gasteiger partial charge in [-0.05, 0) is 6.07 Å². The molecule has 0 aliphatic heterocycles. The summed E-state index contributed by atoms with van der Waals surface area (Å²) in [4.78, 5) is 3.57. The maximum Gasteiger partial charge on any atom is 0.492 e. The summed E-state index contributed by atoms with van der Waals surface area (Å²) in [6, 6.07) is 1.12. The van der Waals surface area contributed by atoms with Gasteiger partial charge in [-0.25, -0.2) is 4.98 Å². The highest BCUT2D eigenvalue weighted by Crippen LogP contribution is 2.09. The van der Waals surface area contributed by atoms with Crippen LogP contribution in [0.5, 0.6) is 5.75 Å². The molecule has 0 aromatic carbocycles. The van der Waals surface area contributed by atoms with E-state index < -0.39 is 14.2 Å². The Balaban J connectivity index is 3.06. The lowest BCUT2D eigenvalue weighted by atomic mass is 9.80. The molecule has 1 aromatic heterocycles. The van der Waals surface area contributed by atoms with Gasteiger partial charge in [0.15, 0.2) is 0 Å². The van der Waals surface area contributed by atoms with Gasteiger partial charge >= 0.3 is 7.12 Å². The normalized spacial score (nSPS) is 14.4. The first kappa shape index (κ1) is 5.80. The first-order valence-corrected chi connectivity index (χ1v) is 3.38. The van der Waals surface area contributed by atoms with Gasteiger partial charge < -0.3 is 14.8 Å². The van der Waals surface area contributed by atoms with Crippen molar-refractivity contribution in [2.45, 2.75) is 0 Å². The standard InChI is InChI=1S/C6H7BClNO3/c1-12-5-3-9-6(8)2-4(5)7(10)11/h2-3,10-11H,1H3/i1D3. The zero-order valence-electron chi connectivity index (χ0n) is 8.86. The molecule has 4 nitrogen and oxygen atoms in total. The largest absolute Gasteiger partial charge is 0.496 e. The number of halogens is 1. The van der Waals surface area contributed by atoms with Crippen LogP contribution in [0.25, 0.3) is 0 Å². The summed E-state index contributed by atoms with van der Waals surface area (Å²) in [5.74, 6) is -0.241. The molecule has 0 amide bonds. The minimum Gasteiger partial charge on any atom is -0.496 e. The maximum atomic E-state index is 8.93. The van der Waals surface area contributed by atoms with Crippen molar-refractivity contribution in [1.29, 1.82) is 0 Å². The molecule has 0 unspecified atom stereocenters. The van der Waals surface area contributed by atoms with Crippen molar-refractivity contribution in [2.24, 2.45) is 0 Å². The van der Waals surface area contributed by atoms with E-state index in [0.717, 1.165) is 12.3 Å². The molecule has 0 atom stereocenters. The van der Waals surface area contributed by atoms with Crippen molar-refractivity contribution in [2.75, 3.05) is 7.04 Å². The second kappa shape index (κ2) is 3.75. The number of aromatic nitrogens is 1. The van der Waals surface area contributed by atoms with E-state index in [1.54, 1.807) is 0 Å². The fourth-order valence-corrected chi connectivity index (χ4v) is 0.885. The van der Waals surface area contributed by atoms with Crippen LogP contribution in [0.15, 0.2) is 12.3 Å². The highest BCUT2D eigenvalue weighted by molar-refractivity contribution is 6.60. The van der Waals surface area contributed by atoms with Gasteiger partial charge in [0.25, 0.3) is 0 Å². The van der Waals surface area contributed by atoms with Crippen LogP contribution in [0.3, 0.4) is 0 Å². The topological polar surface area (TPSA) is 62.6 Å². The molecule has 1 rings (SSSR count). The predicted molar refractivity (Wildman–Crippen MR) is 45.6 cm³/mol. The Morgan fingerprint density at radius 2 is 2.50 bits per heavy atom. The monoisotopic (exact) mass is 190 g/mol. The third-order valence-corrected chi connectivity index (χ3v) is 1.46. The molecular formula is C6H7BClNO3. The summed E-state index contributed by atoms with van der Waals surface area (Å²) in [7, 11) is -4.55. The van der Waals surface area contributed by atoms with Gasteiger partial charge in [0.05, 0.1) is 17.3 Å². The van der Waals surface area contributed by atoms with Crippen molar-refractivity contribution < 1.29 is 18.9 Å². The van der Waals surface area contributed by atoms with Crippen LogP contribution in [0.4, 0.5) is 0 Å². The van der Waals surface area contributed by atoms with Crippen molar-refractivity contribution in [1.82, 2.24) is 4.98 Å². The molecule has 1 heterocycles. The number of methoxy groups -OCH3 is 1. The number of pyridine rings is 1. The van der Waals surface area contributed by atoms with Crippen LogP contribution < -0.4 is 10.2 Å². The first-order valence-electron chi connectivity index (χ1n) is 4.50. The molecule has 1 aromatic rings. The maximum absolute atomic E-state index is 8.93. The molecule has 0 fully saturated rings. The van der Waals surface area contributed by atoms with Gasteiger partial charge in [-0.15, -0.1) is 0 Å². The second-order valence-corrected chi connectivity index (χ2v) is 2.41. The molecule has 12 heavy (non-hydrogen) atoms. The van der Waals surface area contributed by atoms with Crippen LogP contribution in [-0.4, -0.2) is 29.2 Å². The Kier molecular flexibility index (Phi) is 1.81. The zero-order valence-corrected chi connectivity index (χ0v) is 6.62. The van der Waals surface area contributed by atoms with Crippen molar-refractivity contribution in [3.63, 3.8) is 0 Å². The van der Waals surface area contributed by atoms with E-state index in [1.807, 2.05) is 0 Å². The smallest absolute Gasteiger partial charge is 0.492 e. The molecule has 0 saturated heterocycles. The first-order chi connectivity index (χ1) is 6.79. The van der Waals surface area contributed by atoms with Gasteiger partial charge in [-0.3, -0.25) is 0 Å². The van der Waals surface area contributed by atoms with E-state index in [-0.39, 0.29) is 16.4 Å². The third-order valence-electron chi connectivity index (χ3n) is 1.25.